The van der Waals surface area contributed by atoms with Crippen molar-refractivity contribution in [3.8, 4) is 5.75 Å². The van der Waals surface area contributed by atoms with Gasteiger partial charge in [0.1, 0.15) is 17.4 Å². The number of fused-ring (bicyclic) bond motifs is 1. The Kier molecular flexibility index (Phi) is 5.57. The smallest absolute Gasteiger partial charge is 0.254 e. The van der Waals surface area contributed by atoms with Gasteiger partial charge in [0.2, 0.25) is 0 Å². The summed E-state index contributed by atoms with van der Waals surface area (Å²) < 4.78 is 33.1. The number of hydrogen-bond acceptors (Lipinski definition) is 2. The third-order valence-corrected chi connectivity index (χ3v) is 6.42. The van der Waals surface area contributed by atoms with Gasteiger partial charge in [-0.2, -0.15) is 0 Å². The number of ether oxygens (including phenoxy) is 1. The summed E-state index contributed by atoms with van der Waals surface area (Å²) in [6, 6.07) is 9.46. The summed E-state index contributed by atoms with van der Waals surface area (Å²) in [6.07, 6.45) is 4.17. The van der Waals surface area contributed by atoms with E-state index in [2.05, 4.69) is 0 Å². The summed E-state index contributed by atoms with van der Waals surface area (Å²) in [5.74, 6) is 0.945. The Balaban J connectivity index is 1.30. The maximum Gasteiger partial charge on any atom is 0.254 e. The lowest BCUT2D eigenvalue weighted by molar-refractivity contribution is 0.0685. The van der Waals surface area contributed by atoms with Crippen molar-refractivity contribution >= 4 is 5.91 Å². The number of hydrogen-bond donors (Lipinski definition) is 0. The highest BCUT2D eigenvalue weighted by molar-refractivity contribution is 5.98. The van der Waals surface area contributed by atoms with E-state index in [-0.39, 0.29) is 23.6 Å². The van der Waals surface area contributed by atoms with Crippen LogP contribution in [0.25, 0.3) is 0 Å². The molecule has 154 valence electrons. The van der Waals surface area contributed by atoms with Gasteiger partial charge in [0.15, 0.2) is 0 Å². The van der Waals surface area contributed by atoms with E-state index in [9.17, 15) is 13.6 Å². The Morgan fingerprint density at radius 2 is 1.90 bits per heavy atom. The molecule has 1 heterocycles. The van der Waals surface area contributed by atoms with Crippen LogP contribution in [0.3, 0.4) is 0 Å². The Hall–Kier alpha value is -2.43. The predicted molar refractivity (Wildman–Crippen MR) is 108 cm³/mol. The van der Waals surface area contributed by atoms with Crippen molar-refractivity contribution in [2.24, 2.45) is 11.8 Å². The maximum absolute atomic E-state index is 13.8. The van der Waals surface area contributed by atoms with E-state index < -0.39 is 0 Å². The van der Waals surface area contributed by atoms with Crippen molar-refractivity contribution in [1.82, 2.24) is 4.90 Å². The number of amides is 1. The number of carbonyl (C=O) groups is 1. The van der Waals surface area contributed by atoms with Crippen LogP contribution in [0.4, 0.5) is 8.78 Å². The number of halogens is 2. The van der Waals surface area contributed by atoms with Crippen LogP contribution in [0.15, 0.2) is 36.4 Å². The van der Waals surface area contributed by atoms with Crippen LogP contribution in [-0.2, 0) is 6.54 Å². The average Bonchev–Trinajstić information content (AvgIpc) is 2.97. The van der Waals surface area contributed by atoms with Gasteiger partial charge >= 0.3 is 0 Å². The van der Waals surface area contributed by atoms with Crippen LogP contribution in [0.5, 0.6) is 5.75 Å². The second kappa shape index (κ2) is 8.13. The standard InChI is InChI=1S/C24H27F2NO2/c1-15-10-22-19(11-23(15)26)14-27(24(22)28)13-17-6-8-18(9-7-17)16(2)29-21-5-3-4-20(25)12-21/h3-5,10-12,16-18H,6-9,13-14H2,1-2H3. The number of benzene rings is 2. The quantitative estimate of drug-likeness (QED) is 0.664. The van der Waals surface area contributed by atoms with Crippen LogP contribution < -0.4 is 4.74 Å². The van der Waals surface area contributed by atoms with Gasteiger partial charge in [-0.3, -0.25) is 4.79 Å². The molecule has 0 saturated heterocycles. The summed E-state index contributed by atoms with van der Waals surface area (Å²) in [7, 11) is 0. The molecular formula is C24H27F2NO2. The highest BCUT2D eigenvalue weighted by Crippen LogP contribution is 2.35. The highest BCUT2D eigenvalue weighted by Gasteiger charge is 2.32. The molecular weight excluding hydrogens is 372 g/mol. The van der Waals surface area contributed by atoms with Crippen LogP contribution >= 0.6 is 0 Å². The number of rotatable bonds is 5. The number of aryl methyl sites for hydroxylation is 1. The summed E-state index contributed by atoms with van der Waals surface area (Å²) in [4.78, 5) is 14.6. The van der Waals surface area contributed by atoms with Crippen molar-refractivity contribution in [2.45, 2.75) is 52.2 Å². The first kappa shape index (κ1) is 19.9. The average molecular weight is 399 g/mol. The molecule has 2 aromatic rings. The second-order valence-electron chi connectivity index (χ2n) is 8.51. The topological polar surface area (TPSA) is 29.5 Å². The SMILES string of the molecule is Cc1cc2c(cc1F)CN(CC1CCC(C(C)Oc3cccc(F)c3)CC1)C2=O. The van der Waals surface area contributed by atoms with Crippen LogP contribution in [-0.4, -0.2) is 23.5 Å². The molecule has 2 aliphatic rings. The molecule has 4 rings (SSSR count). The molecule has 1 amide bonds. The normalized spacial score (nSPS) is 22.5. The third kappa shape index (κ3) is 4.29. The molecule has 3 nitrogen and oxygen atoms in total. The van der Waals surface area contributed by atoms with Gasteiger partial charge in [0, 0.05) is 24.7 Å². The van der Waals surface area contributed by atoms with E-state index in [0.29, 0.717) is 35.3 Å². The fraction of sp³-hybridized carbons (Fsp3) is 0.458. The molecule has 0 N–H and O–H groups in total. The van der Waals surface area contributed by atoms with Gasteiger partial charge in [0.05, 0.1) is 6.10 Å². The first-order valence-corrected chi connectivity index (χ1v) is 10.4. The molecule has 1 aliphatic heterocycles. The van der Waals surface area contributed by atoms with Crippen LogP contribution in [0.1, 0.15) is 54.1 Å². The fourth-order valence-electron chi connectivity index (χ4n) is 4.65. The lowest BCUT2D eigenvalue weighted by Crippen LogP contribution is -2.34. The molecule has 1 saturated carbocycles. The van der Waals surface area contributed by atoms with Crippen LogP contribution in [0.2, 0.25) is 0 Å². The summed E-state index contributed by atoms with van der Waals surface area (Å²) in [6.45, 7) is 4.97. The third-order valence-electron chi connectivity index (χ3n) is 6.42. The molecule has 0 aromatic heterocycles. The molecule has 1 fully saturated rings. The first-order chi connectivity index (χ1) is 13.9. The van der Waals surface area contributed by atoms with Crippen molar-refractivity contribution in [3.05, 3.63) is 64.7 Å². The van der Waals surface area contributed by atoms with Crippen LogP contribution in [0, 0.1) is 30.4 Å². The van der Waals surface area contributed by atoms with Crippen molar-refractivity contribution in [3.63, 3.8) is 0 Å². The lowest BCUT2D eigenvalue weighted by atomic mass is 9.79. The highest BCUT2D eigenvalue weighted by atomic mass is 19.1. The van der Waals surface area contributed by atoms with Crippen molar-refractivity contribution in [2.75, 3.05) is 6.54 Å². The molecule has 0 radical (unpaired) electrons. The van der Waals surface area contributed by atoms with E-state index in [1.54, 1.807) is 25.1 Å². The van der Waals surface area contributed by atoms with E-state index in [0.717, 1.165) is 37.8 Å². The van der Waals surface area contributed by atoms with Gasteiger partial charge in [0.25, 0.3) is 5.91 Å². The summed E-state index contributed by atoms with van der Waals surface area (Å²) >= 11 is 0. The Labute approximate surface area is 170 Å². The van der Waals surface area contributed by atoms with Gasteiger partial charge < -0.3 is 9.64 Å². The monoisotopic (exact) mass is 399 g/mol. The maximum atomic E-state index is 13.8. The molecule has 0 bridgehead atoms. The van der Waals surface area contributed by atoms with Gasteiger partial charge in [-0.05, 0) is 86.8 Å². The molecule has 0 spiro atoms. The lowest BCUT2D eigenvalue weighted by Gasteiger charge is -2.34. The van der Waals surface area contributed by atoms with E-state index >= 15 is 0 Å². The van der Waals surface area contributed by atoms with E-state index in [4.69, 9.17) is 4.74 Å². The van der Waals surface area contributed by atoms with Crippen molar-refractivity contribution < 1.29 is 18.3 Å². The van der Waals surface area contributed by atoms with E-state index in [1.165, 1.54) is 18.2 Å². The Bertz CT molecular complexity index is 906. The van der Waals surface area contributed by atoms with Gasteiger partial charge in [-0.25, -0.2) is 8.78 Å². The largest absolute Gasteiger partial charge is 0.490 e. The van der Waals surface area contributed by atoms with Gasteiger partial charge in [-0.15, -0.1) is 0 Å². The predicted octanol–water partition coefficient (Wildman–Crippen LogP) is 5.50. The second-order valence-corrected chi connectivity index (χ2v) is 8.51. The molecule has 29 heavy (non-hydrogen) atoms. The Morgan fingerprint density at radius 1 is 1.14 bits per heavy atom. The number of nitrogens with zero attached hydrogens (tertiary/aromatic N) is 1. The van der Waals surface area contributed by atoms with Gasteiger partial charge in [-0.1, -0.05) is 6.07 Å². The Morgan fingerprint density at radius 3 is 2.62 bits per heavy atom. The molecule has 1 unspecified atom stereocenters. The summed E-state index contributed by atoms with van der Waals surface area (Å²) in [5.41, 5.74) is 1.96. The minimum absolute atomic E-state index is 0.0213. The van der Waals surface area contributed by atoms with E-state index in [1.807, 2.05) is 11.8 Å². The fourth-order valence-corrected chi connectivity index (χ4v) is 4.65. The summed E-state index contributed by atoms with van der Waals surface area (Å²) in [5, 5.41) is 0. The number of carbonyl (C=O) groups excluding carboxylic acids is 1. The molecule has 1 aliphatic carbocycles. The molecule has 1 atom stereocenters. The zero-order valence-electron chi connectivity index (χ0n) is 17.0. The zero-order chi connectivity index (χ0) is 20.5. The minimum atomic E-state index is -0.287. The first-order valence-electron chi connectivity index (χ1n) is 10.4. The molecule has 2 aromatic carbocycles. The minimum Gasteiger partial charge on any atom is -0.490 e. The molecule has 5 heteroatoms. The van der Waals surface area contributed by atoms with Crippen molar-refractivity contribution in [1.29, 1.82) is 0 Å². The zero-order valence-corrected chi connectivity index (χ0v) is 17.0.